The number of aliphatic hydroxyl groups excluding tert-OH is 8. The Hall–Kier alpha value is -2.15. The van der Waals surface area contributed by atoms with Gasteiger partial charge in [0.05, 0.1) is 119 Å². The number of carbonyl (C=O) groups is 3. The van der Waals surface area contributed by atoms with Crippen LogP contribution in [0.1, 0.15) is 26.2 Å². The molecule has 2 aliphatic rings. The van der Waals surface area contributed by atoms with E-state index in [9.17, 15) is 55.2 Å². The Balaban J connectivity index is 1.47. The van der Waals surface area contributed by atoms with E-state index in [-0.39, 0.29) is 150 Å². The second-order valence-electron chi connectivity index (χ2n) is 14.7. The summed E-state index contributed by atoms with van der Waals surface area (Å²) in [6.45, 7) is 4.11. The highest BCUT2D eigenvalue weighted by atomic mass is 16.7. The van der Waals surface area contributed by atoms with Gasteiger partial charge < -0.3 is 108 Å². The fraction of sp³-hybridized carbons (Fsp3) is 0.921. The molecule has 62 heavy (non-hydrogen) atoms. The molecule has 10 atom stereocenters. The van der Waals surface area contributed by atoms with Crippen molar-refractivity contribution >= 4 is 18.1 Å². The summed E-state index contributed by atoms with van der Waals surface area (Å²) in [4.78, 5) is 35.2. The number of ether oxygens (including phenoxy) is 11. The van der Waals surface area contributed by atoms with Crippen LogP contribution in [0.2, 0.25) is 0 Å². The highest BCUT2D eigenvalue weighted by molar-refractivity contribution is 5.76. The molecule has 0 saturated carbocycles. The van der Waals surface area contributed by atoms with Gasteiger partial charge in [0.1, 0.15) is 55.1 Å². The van der Waals surface area contributed by atoms with Crippen molar-refractivity contribution in [1.29, 1.82) is 0 Å². The van der Waals surface area contributed by atoms with Crippen molar-refractivity contribution in [3.05, 3.63) is 0 Å². The Morgan fingerprint density at radius 3 is 1.27 bits per heavy atom. The van der Waals surface area contributed by atoms with Gasteiger partial charge in [-0.05, 0) is 0 Å². The molecule has 2 heterocycles. The zero-order chi connectivity index (χ0) is 45.6. The van der Waals surface area contributed by atoms with Crippen LogP contribution in [0.3, 0.4) is 0 Å². The van der Waals surface area contributed by atoms with E-state index in [1.54, 1.807) is 0 Å². The molecule has 24 nitrogen and oxygen atoms in total. The molecular weight excluding hydrogens is 836 g/mol. The molecule has 2 rings (SSSR count). The first-order chi connectivity index (χ1) is 29.9. The summed E-state index contributed by atoms with van der Waals surface area (Å²) in [7, 11) is 0. The van der Waals surface area contributed by atoms with Crippen molar-refractivity contribution in [1.82, 2.24) is 10.6 Å². The van der Waals surface area contributed by atoms with E-state index in [1.807, 2.05) is 6.92 Å². The van der Waals surface area contributed by atoms with Gasteiger partial charge >= 0.3 is 0 Å². The Kier molecular flexibility index (Phi) is 30.1. The standard InChI is InChI=1S/C38H70N2O22/c1-38(23-56-8-2-7-41,24-57-9-3-28(44)39-5-11-52-13-15-54-17-19-59-36-34(50)32(48)30(46)26(21-42)61-36)25-58-10-4-29(45)40-6-12-53-14-16-55-18-20-60-37-35(51)33(49)31(47)27(22-43)62-37/h7,26-27,30-37,42-43,46-51H,2-6,8-25H2,1H3,(H,39,44)(H,40,45). The Morgan fingerprint density at radius 2 is 0.887 bits per heavy atom. The van der Waals surface area contributed by atoms with E-state index in [0.717, 1.165) is 6.29 Å². The Bertz CT molecular complexity index is 1100. The molecule has 2 saturated heterocycles. The van der Waals surface area contributed by atoms with Crippen molar-refractivity contribution in [3.8, 4) is 0 Å². The normalized spacial score (nSPS) is 27.4. The first-order valence-corrected chi connectivity index (χ1v) is 20.7. The molecule has 364 valence electrons. The second-order valence-corrected chi connectivity index (χ2v) is 14.7. The number of aldehydes is 1. The fourth-order valence-electron chi connectivity index (χ4n) is 5.74. The topological polar surface area (TPSA) is 339 Å². The molecule has 0 aromatic carbocycles. The van der Waals surface area contributed by atoms with Crippen molar-refractivity contribution < 1.29 is 107 Å². The fourth-order valence-corrected chi connectivity index (χ4v) is 5.74. The van der Waals surface area contributed by atoms with Gasteiger partial charge in [-0.1, -0.05) is 6.92 Å². The first-order valence-electron chi connectivity index (χ1n) is 20.7. The summed E-state index contributed by atoms with van der Waals surface area (Å²) >= 11 is 0. The monoisotopic (exact) mass is 906 g/mol. The van der Waals surface area contributed by atoms with Crippen LogP contribution < -0.4 is 10.6 Å². The van der Waals surface area contributed by atoms with Crippen LogP contribution in [0.25, 0.3) is 0 Å². The van der Waals surface area contributed by atoms with E-state index in [4.69, 9.17) is 52.1 Å². The quantitative estimate of drug-likeness (QED) is 0.0205. The maximum absolute atomic E-state index is 12.3. The molecule has 10 N–H and O–H groups in total. The number of amides is 2. The van der Waals surface area contributed by atoms with Crippen molar-refractivity contribution in [3.63, 3.8) is 0 Å². The predicted octanol–water partition coefficient (Wildman–Crippen LogP) is -5.66. The van der Waals surface area contributed by atoms with Crippen molar-refractivity contribution in [2.24, 2.45) is 5.41 Å². The summed E-state index contributed by atoms with van der Waals surface area (Å²) in [6.07, 6.45) is -12.3. The average molecular weight is 907 g/mol. The van der Waals surface area contributed by atoms with Gasteiger partial charge in [0.15, 0.2) is 12.6 Å². The number of aliphatic hydroxyl groups is 8. The van der Waals surface area contributed by atoms with E-state index >= 15 is 0 Å². The number of rotatable bonds is 37. The molecule has 0 aliphatic carbocycles. The highest BCUT2D eigenvalue weighted by Crippen LogP contribution is 2.23. The molecule has 0 spiro atoms. The highest BCUT2D eigenvalue weighted by Gasteiger charge is 2.45. The van der Waals surface area contributed by atoms with Crippen LogP contribution in [-0.2, 0) is 66.5 Å². The maximum atomic E-state index is 12.3. The largest absolute Gasteiger partial charge is 0.394 e. The summed E-state index contributed by atoms with van der Waals surface area (Å²) in [5, 5.41) is 83.1. The molecule has 10 unspecified atom stereocenters. The minimum Gasteiger partial charge on any atom is -0.394 e. The van der Waals surface area contributed by atoms with Crippen LogP contribution in [0.15, 0.2) is 0 Å². The molecule has 0 aromatic heterocycles. The molecule has 0 aromatic rings. The zero-order valence-corrected chi connectivity index (χ0v) is 35.4. The maximum Gasteiger partial charge on any atom is 0.222 e. The summed E-state index contributed by atoms with van der Waals surface area (Å²) in [5.74, 6) is -0.475. The molecule has 0 radical (unpaired) electrons. The lowest BCUT2D eigenvalue weighted by Gasteiger charge is -2.39. The number of carbonyl (C=O) groups excluding carboxylic acids is 3. The Labute approximate surface area is 360 Å². The molecular formula is C38H70N2O22. The summed E-state index contributed by atoms with van der Waals surface area (Å²) in [5.41, 5.74) is -0.625. The van der Waals surface area contributed by atoms with E-state index < -0.39 is 80.0 Å². The molecule has 0 bridgehead atoms. The lowest BCUT2D eigenvalue weighted by Crippen LogP contribution is -2.59. The van der Waals surface area contributed by atoms with Gasteiger partial charge in [-0.2, -0.15) is 0 Å². The molecule has 2 amide bonds. The van der Waals surface area contributed by atoms with Crippen molar-refractivity contribution in [2.45, 2.75) is 87.6 Å². The van der Waals surface area contributed by atoms with Crippen LogP contribution in [0, 0.1) is 5.41 Å². The van der Waals surface area contributed by atoms with Crippen LogP contribution in [0.4, 0.5) is 0 Å². The lowest BCUT2D eigenvalue weighted by atomic mass is 9.94. The molecule has 2 aliphatic heterocycles. The third kappa shape index (κ3) is 22.7. The second kappa shape index (κ2) is 33.3. The van der Waals surface area contributed by atoms with Crippen LogP contribution in [0.5, 0.6) is 0 Å². The third-order valence-electron chi connectivity index (χ3n) is 9.28. The first kappa shape index (κ1) is 56.0. The smallest absolute Gasteiger partial charge is 0.222 e. The SMILES string of the molecule is CC(COCCC=O)(COCCC(=O)NCCOCCOCCOC1OC(CO)C(O)C(O)C1O)COCCC(=O)NCCOCCOCCOC1OC(CO)C(O)C(O)C1O. The van der Waals surface area contributed by atoms with Crippen LogP contribution >= 0.6 is 0 Å². The lowest BCUT2D eigenvalue weighted by molar-refractivity contribution is -0.302. The predicted molar refractivity (Wildman–Crippen MR) is 209 cm³/mol. The third-order valence-corrected chi connectivity index (χ3v) is 9.28. The zero-order valence-electron chi connectivity index (χ0n) is 35.4. The van der Waals surface area contributed by atoms with Gasteiger partial charge in [-0.25, -0.2) is 0 Å². The van der Waals surface area contributed by atoms with E-state index in [2.05, 4.69) is 10.6 Å². The average Bonchev–Trinajstić information content (AvgIpc) is 3.26. The van der Waals surface area contributed by atoms with Gasteiger partial charge in [-0.3, -0.25) is 9.59 Å². The van der Waals surface area contributed by atoms with E-state index in [1.165, 1.54) is 0 Å². The van der Waals surface area contributed by atoms with E-state index in [0.29, 0.717) is 0 Å². The van der Waals surface area contributed by atoms with Crippen molar-refractivity contribution in [2.75, 3.05) is 132 Å². The molecule has 2 fully saturated rings. The number of nitrogens with one attached hydrogen (secondary N) is 2. The van der Waals surface area contributed by atoms with Gasteiger partial charge in [0.2, 0.25) is 11.8 Å². The number of hydrogen-bond acceptors (Lipinski definition) is 22. The Morgan fingerprint density at radius 1 is 0.516 bits per heavy atom. The minimum atomic E-state index is -1.52. The summed E-state index contributed by atoms with van der Waals surface area (Å²) < 4.78 is 60.0. The van der Waals surface area contributed by atoms with Gasteiger partial charge in [0.25, 0.3) is 0 Å². The van der Waals surface area contributed by atoms with Gasteiger partial charge in [-0.15, -0.1) is 0 Å². The van der Waals surface area contributed by atoms with Gasteiger partial charge in [0, 0.05) is 37.8 Å². The van der Waals surface area contributed by atoms with Crippen LogP contribution in [-0.4, -0.2) is 252 Å². The number of hydrogen-bond donors (Lipinski definition) is 10. The molecule has 24 heteroatoms. The summed E-state index contributed by atoms with van der Waals surface area (Å²) in [6, 6.07) is 0. The minimum absolute atomic E-state index is 0.0156.